The Balaban J connectivity index is 1.87. The molecule has 7 nitrogen and oxygen atoms in total. The lowest BCUT2D eigenvalue weighted by atomic mass is 10.2. The van der Waals surface area contributed by atoms with Crippen LogP contribution in [0.2, 0.25) is 0 Å². The Labute approximate surface area is 154 Å². The van der Waals surface area contributed by atoms with E-state index in [0.717, 1.165) is 28.7 Å². The Morgan fingerprint density at radius 3 is 2.96 bits per heavy atom. The molecule has 0 aliphatic carbocycles. The number of halogens is 1. The van der Waals surface area contributed by atoms with Gasteiger partial charge in [0.2, 0.25) is 0 Å². The summed E-state index contributed by atoms with van der Waals surface area (Å²) < 4.78 is 2.57. The molecule has 3 aromatic rings. The first-order chi connectivity index (χ1) is 12.2. The summed E-state index contributed by atoms with van der Waals surface area (Å²) in [6, 6.07) is 5.81. The Morgan fingerprint density at radius 1 is 1.36 bits per heavy atom. The number of nitrogens with zero attached hydrogens (tertiary/aromatic N) is 4. The van der Waals surface area contributed by atoms with Gasteiger partial charge in [-0.15, -0.1) is 0 Å². The van der Waals surface area contributed by atoms with E-state index in [1.165, 1.54) is 0 Å². The minimum Gasteiger partial charge on any atom is -0.394 e. The van der Waals surface area contributed by atoms with Crippen molar-refractivity contribution in [3.05, 3.63) is 46.8 Å². The number of fused-ring (bicyclic) bond motifs is 1. The number of aromatic nitrogens is 4. The number of rotatable bonds is 8. The molecule has 8 heteroatoms. The van der Waals surface area contributed by atoms with E-state index >= 15 is 0 Å². The van der Waals surface area contributed by atoms with E-state index in [0.29, 0.717) is 18.0 Å². The largest absolute Gasteiger partial charge is 0.394 e. The fourth-order valence-corrected chi connectivity index (χ4v) is 2.95. The molecule has 0 aliphatic rings. The van der Waals surface area contributed by atoms with Gasteiger partial charge in [-0.2, -0.15) is 9.61 Å². The molecule has 0 fully saturated rings. The van der Waals surface area contributed by atoms with Gasteiger partial charge in [0.1, 0.15) is 11.6 Å². The number of hydrogen-bond acceptors (Lipinski definition) is 6. The van der Waals surface area contributed by atoms with Crippen LogP contribution in [-0.2, 0) is 6.54 Å². The van der Waals surface area contributed by atoms with E-state index in [2.05, 4.69) is 48.6 Å². The molecule has 3 aromatic heterocycles. The zero-order valence-corrected chi connectivity index (χ0v) is 15.6. The third-order valence-electron chi connectivity index (χ3n) is 3.83. The maximum absolute atomic E-state index is 9.53. The van der Waals surface area contributed by atoms with Gasteiger partial charge in [0.15, 0.2) is 5.65 Å². The standard InChI is InChI=1S/C17H21BrN6O/c1-2-4-13(11-25)22-15-7-16(20-9-12-5-3-6-19-8-12)24-17(23-15)14(18)10-21-24/h3,5-8,10,13,20,25H,2,4,9,11H2,1H3,(H,22,23)/t13-/m1/s1. The second-order valence-electron chi connectivity index (χ2n) is 5.78. The quantitative estimate of drug-likeness (QED) is 0.534. The molecule has 1 atom stereocenters. The highest BCUT2D eigenvalue weighted by Gasteiger charge is 2.13. The molecule has 0 aromatic carbocycles. The normalized spacial score (nSPS) is 12.3. The minimum atomic E-state index is -0.0205. The second kappa shape index (κ2) is 8.26. The summed E-state index contributed by atoms with van der Waals surface area (Å²) in [7, 11) is 0. The SMILES string of the molecule is CCC[C@H](CO)Nc1cc(NCc2cccnc2)n2ncc(Br)c2n1. The summed E-state index contributed by atoms with van der Waals surface area (Å²) in [6.07, 6.45) is 7.16. The summed E-state index contributed by atoms with van der Waals surface area (Å²) >= 11 is 3.48. The third kappa shape index (κ3) is 4.26. The molecular weight excluding hydrogens is 384 g/mol. The molecule has 3 heterocycles. The zero-order valence-electron chi connectivity index (χ0n) is 14.0. The molecule has 25 heavy (non-hydrogen) atoms. The molecule has 132 valence electrons. The summed E-state index contributed by atoms with van der Waals surface area (Å²) in [5.41, 5.74) is 1.79. The highest BCUT2D eigenvalue weighted by atomic mass is 79.9. The van der Waals surface area contributed by atoms with Gasteiger partial charge in [-0.3, -0.25) is 4.98 Å². The van der Waals surface area contributed by atoms with Crippen LogP contribution in [0.4, 0.5) is 11.6 Å². The maximum Gasteiger partial charge on any atom is 0.173 e. The van der Waals surface area contributed by atoms with E-state index in [1.54, 1.807) is 16.9 Å². The minimum absolute atomic E-state index is 0.0205. The average Bonchev–Trinajstić information content (AvgIpc) is 3.01. The van der Waals surface area contributed by atoms with Crippen molar-refractivity contribution < 1.29 is 5.11 Å². The van der Waals surface area contributed by atoms with E-state index in [9.17, 15) is 5.11 Å². The van der Waals surface area contributed by atoms with E-state index in [1.807, 2.05) is 24.4 Å². The first-order valence-electron chi connectivity index (χ1n) is 8.25. The highest BCUT2D eigenvalue weighted by molar-refractivity contribution is 9.10. The highest BCUT2D eigenvalue weighted by Crippen LogP contribution is 2.23. The fraction of sp³-hybridized carbons (Fsp3) is 0.353. The van der Waals surface area contributed by atoms with Gasteiger partial charge in [0.25, 0.3) is 0 Å². The van der Waals surface area contributed by atoms with Crippen LogP contribution in [0.3, 0.4) is 0 Å². The van der Waals surface area contributed by atoms with Gasteiger partial charge < -0.3 is 15.7 Å². The Bertz CT molecular complexity index is 823. The Hall–Kier alpha value is -2.19. The van der Waals surface area contributed by atoms with Crippen LogP contribution in [-0.4, -0.2) is 37.3 Å². The predicted molar refractivity (Wildman–Crippen MR) is 102 cm³/mol. The van der Waals surface area contributed by atoms with Crippen LogP contribution in [0.25, 0.3) is 5.65 Å². The van der Waals surface area contributed by atoms with Gasteiger partial charge in [0.05, 0.1) is 23.3 Å². The molecule has 0 spiro atoms. The lowest BCUT2D eigenvalue weighted by Crippen LogP contribution is -2.24. The van der Waals surface area contributed by atoms with Crippen LogP contribution < -0.4 is 10.6 Å². The lowest BCUT2D eigenvalue weighted by Gasteiger charge is -2.17. The first kappa shape index (κ1) is 17.6. The van der Waals surface area contributed by atoms with Crippen molar-refractivity contribution in [2.75, 3.05) is 17.2 Å². The lowest BCUT2D eigenvalue weighted by molar-refractivity contribution is 0.268. The fourth-order valence-electron chi connectivity index (χ4n) is 2.60. The van der Waals surface area contributed by atoms with Gasteiger partial charge in [0, 0.05) is 25.0 Å². The summed E-state index contributed by atoms with van der Waals surface area (Å²) in [5.74, 6) is 1.52. The molecular formula is C17H21BrN6O. The van der Waals surface area contributed by atoms with Crippen molar-refractivity contribution in [3.63, 3.8) is 0 Å². The Kier molecular flexibility index (Phi) is 5.83. The van der Waals surface area contributed by atoms with Crippen molar-refractivity contribution in [2.24, 2.45) is 0 Å². The molecule has 0 amide bonds. The molecule has 0 unspecified atom stereocenters. The summed E-state index contributed by atoms with van der Waals surface area (Å²) in [4.78, 5) is 8.73. The number of aliphatic hydroxyl groups excluding tert-OH is 1. The molecule has 3 rings (SSSR count). The topological polar surface area (TPSA) is 87.4 Å². The monoisotopic (exact) mass is 404 g/mol. The van der Waals surface area contributed by atoms with Gasteiger partial charge >= 0.3 is 0 Å². The molecule has 0 aliphatic heterocycles. The zero-order chi connectivity index (χ0) is 17.6. The van der Waals surface area contributed by atoms with Crippen LogP contribution in [0.1, 0.15) is 25.3 Å². The number of anilines is 2. The van der Waals surface area contributed by atoms with Crippen molar-refractivity contribution in [1.82, 2.24) is 19.6 Å². The van der Waals surface area contributed by atoms with E-state index in [-0.39, 0.29) is 12.6 Å². The number of nitrogens with one attached hydrogen (secondary N) is 2. The number of aliphatic hydroxyl groups is 1. The van der Waals surface area contributed by atoms with Crippen LogP contribution in [0.15, 0.2) is 41.3 Å². The number of hydrogen-bond donors (Lipinski definition) is 3. The molecule has 0 saturated carbocycles. The Morgan fingerprint density at radius 2 is 2.24 bits per heavy atom. The predicted octanol–water partition coefficient (Wildman–Crippen LogP) is 3.07. The maximum atomic E-state index is 9.53. The average molecular weight is 405 g/mol. The third-order valence-corrected chi connectivity index (χ3v) is 4.39. The molecule has 0 saturated heterocycles. The van der Waals surface area contributed by atoms with Crippen molar-refractivity contribution in [3.8, 4) is 0 Å². The smallest absolute Gasteiger partial charge is 0.173 e. The van der Waals surface area contributed by atoms with Gasteiger partial charge in [-0.25, -0.2) is 4.98 Å². The van der Waals surface area contributed by atoms with Crippen LogP contribution in [0.5, 0.6) is 0 Å². The van der Waals surface area contributed by atoms with E-state index in [4.69, 9.17) is 0 Å². The van der Waals surface area contributed by atoms with Crippen molar-refractivity contribution >= 4 is 33.2 Å². The van der Waals surface area contributed by atoms with Gasteiger partial charge in [-0.1, -0.05) is 19.4 Å². The van der Waals surface area contributed by atoms with Crippen LogP contribution >= 0.6 is 15.9 Å². The first-order valence-corrected chi connectivity index (χ1v) is 9.05. The number of pyridine rings is 1. The van der Waals surface area contributed by atoms with E-state index < -0.39 is 0 Å². The van der Waals surface area contributed by atoms with Crippen molar-refractivity contribution in [1.29, 1.82) is 0 Å². The van der Waals surface area contributed by atoms with Crippen LogP contribution in [0, 0.1) is 0 Å². The van der Waals surface area contributed by atoms with Crippen molar-refractivity contribution in [2.45, 2.75) is 32.4 Å². The molecule has 0 bridgehead atoms. The van der Waals surface area contributed by atoms with Gasteiger partial charge in [-0.05, 0) is 34.0 Å². The summed E-state index contributed by atoms with van der Waals surface area (Å²) in [6.45, 7) is 2.79. The second-order valence-corrected chi connectivity index (χ2v) is 6.64. The molecule has 0 radical (unpaired) electrons. The summed E-state index contributed by atoms with van der Waals surface area (Å²) in [5, 5.41) is 20.6. The molecule has 3 N–H and O–H groups in total.